The van der Waals surface area contributed by atoms with Crippen molar-refractivity contribution in [3.05, 3.63) is 18.3 Å². The summed E-state index contributed by atoms with van der Waals surface area (Å²) in [5.74, 6) is -0.0188. The monoisotopic (exact) mass is 411 g/mol. The molecular formula is C16H21N5O6S. The van der Waals surface area contributed by atoms with Crippen LogP contribution in [0.1, 0.15) is 25.7 Å². The molecule has 3 aliphatic heterocycles. The predicted molar refractivity (Wildman–Crippen MR) is 97.7 cm³/mol. The van der Waals surface area contributed by atoms with Gasteiger partial charge in [-0.15, -0.1) is 4.28 Å². The molecule has 2 bridgehead atoms. The molecule has 1 aromatic rings. The minimum absolute atomic E-state index is 0.147. The Balaban J connectivity index is 1.41. The van der Waals surface area contributed by atoms with E-state index < -0.39 is 34.4 Å². The maximum Gasteiger partial charge on any atom is 0.418 e. The maximum atomic E-state index is 12.7. The SMILES string of the molecule is O=C(Nc1ccc(N2CCCC2)cn1)[C@@H]1CC[C@@H]2CN1C(=O)N2OS(=O)(=O)O. The molecule has 11 nitrogen and oxygen atoms in total. The van der Waals surface area contributed by atoms with Crippen LogP contribution in [0.4, 0.5) is 16.3 Å². The molecule has 2 atom stereocenters. The van der Waals surface area contributed by atoms with Crippen LogP contribution in [-0.2, 0) is 19.5 Å². The van der Waals surface area contributed by atoms with Crippen molar-refractivity contribution in [1.29, 1.82) is 0 Å². The molecule has 0 unspecified atom stereocenters. The van der Waals surface area contributed by atoms with Gasteiger partial charge in [0.05, 0.1) is 17.9 Å². The number of urea groups is 1. The number of piperidine rings is 1. The molecular weight excluding hydrogens is 390 g/mol. The van der Waals surface area contributed by atoms with Gasteiger partial charge in [-0.05, 0) is 37.8 Å². The first-order valence-corrected chi connectivity index (χ1v) is 10.5. The van der Waals surface area contributed by atoms with Crippen LogP contribution in [0.5, 0.6) is 0 Å². The number of nitrogens with zero attached hydrogens (tertiary/aromatic N) is 4. The molecule has 28 heavy (non-hydrogen) atoms. The largest absolute Gasteiger partial charge is 0.418 e. The van der Waals surface area contributed by atoms with E-state index in [4.69, 9.17) is 4.55 Å². The Bertz CT molecular complexity index is 870. The smallest absolute Gasteiger partial charge is 0.370 e. The molecule has 3 amide bonds. The molecule has 0 aliphatic carbocycles. The minimum atomic E-state index is -4.81. The molecule has 3 aliphatic rings. The average molecular weight is 411 g/mol. The summed E-state index contributed by atoms with van der Waals surface area (Å²) < 4.78 is 35.0. The van der Waals surface area contributed by atoms with E-state index in [0.717, 1.165) is 31.6 Å². The van der Waals surface area contributed by atoms with Crippen molar-refractivity contribution >= 4 is 33.8 Å². The molecule has 2 N–H and O–H groups in total. The average Bonchev–Trinajstić information content (AvgIpc) is 3.26. The van der Waals surface area contributed by atoms with Gasteiger partial charge in [-0.2, -0.15) is 13.5 Å². The Morgan fingerprint density at radius 1 is 1.25 bits per heavy atom. The summed E-state index contributed by atoms with van der Waals surface area (Å²) in [6.45, 7) is 2.14. The number of hydrogen-bond acceptors (Lipinski definition) is 7. The van der Waals surface area contributed by atoms with Crippen molar-refractivity contribution in [2.24, 2.45) is 0 Å². The zero-order chi connectivity index (χ0) is 19.9. The van der Waals surface area contributed by atoms with E-state index >= 15 is 0 Å². The summed E-state index contributed by atoms with van der Waals surface area (Å²) in [6.07, 6.45) is 4.74. The minimum Gasteiger partial charge on any atom is -0.370 e. The van der Waals surface area contributed by atoms with Gasteiger partial charge < -0.3 is 15.1 Å². The highest BCUT2D eigenvalue weighted by Gasteiger charge is 2.49. The number of fused-ring (bicyclic) bond motifs is 2. The molecule has 3 saturated heterocycles. The number of carbonyl (C=O) groups excluding carboxylic acids is 2. The van der Waals surface area contributed by atoms with E-state index in [0.29, 0.717) is 23.7 Å². The van der Waals surface area contributed by atoms with Gasteiger partial charge in [-0.1, -0.05) is 0 Å². The lowest BCUT2D eigenvalue weighted by molar-refractivity contribution is -0.120. The van der Waals surface area contributed by atoms with Gasteiger partial charge >= 0.3 is 16.4 Å². The molecule has 152 valence electrons. The van der Waals surface area contributed by atoms with Crippen molar-refractivity contribution in [2.75, 3.05) is 29.9 Å². The Morgan fingerprint density at radius 2 is 2.00 bits per heavy atom. The van der Waals surface area contributed by atoms with Gasteiger partial charge in [0.1, 0.15) is 11.9 Å². The highest BCUT2D eigenvalue weighted by molar-refractivity contribution is 7.80. The summed E-state index contributed by atoms with van der Waals surface area (Å²) in [5.41, 5.74) is 1.00. The second kappa shape index (κ2) is 7.18. The number of pyridine rings is 1. The summed E-state index contributed by atoms with van der Waals surface area (Å²) >= 11 is 0. The van der Waals surface area contributed by atoms with Gasteiger partial charge in [0.2, 0.25) is 5.91 Å². The zero-order valence-electron chi connectivity index (χ0n) is 15.0. The normalized spacial score (nSPS) is 24.8. The van der Waals surface area contributed by atoms with Crippen LogP contribution >= 0.6 is 0 Å². The van der Waals surface area contributed by atoms with Crippen LogP contribution in [0.3, 0.4) is 0 Å². The van der Waals surface area contributed by atoms with E-state index in [-0.39, 0.29) is 6.54 Å². The molecule has 4 heterocycles. The molecule has 12 heteroatoms. The van der Waals surface area contributed by atoms with Gasteiger partial charge in [0, 0.05) is 19.6 Å². The van der Waals surface area contributed by atoms with E-state index in [1.165, 1.54) is 4.90 Å². The third-order valence-electron chi connectivity index (χ3n) is 5.27. The number of amides is 3. The highest BCUT2D eigenvalue weighted by atomic mass is 32.3. The Morgan fingerprint density at radius 3 is 2.64 bits per heavy atom. The van der Waals surface area contributed by atoms with E-state index in [1.807, 2.05) is 6.07 Å². The Hall–Kier alpha value is -2.44. The first-order chi connectivity index (χ1) is 13.3. The van der Waals surface area contributed by atoms with Crippen LogP contribution in [0.25, 0.3) is 0 Å². The summed E-state index contributed by atoms with van der Waals surface area (Å²) in [6, 6.07) is 1.55. The first-order valence-electron chi connectivity index (χ1n) is 9.10. The molecule has 1 aromatic heterocycles. The zero-order valence-corrected chi connectivity index (χ0v) is 15.8. The lowest BCUT2D eigenvalue weighted by Crippen LogP contribution is -2.47. The fourth-order valence-corrected chi connectivity index (χ4v) is 4.32. The molecule has 0 spiro atoms. The number of nitrogens with one attached hydrogen (secondary N) is 1. The third-order valence-corrected chi connectivity index (χ3v) is 5.62. The topological polar surface area (TPSA) is 132 Å². The number of anilines is 2. The Kier molecular flexibility index (Phi) is 4.85. The van der Waals surface area contributed by atoms with Gasteiger partial charge in [-0.3, -0.25) is 9.35 Å². The summed E-state index contributed by atoms with van der Waals surface area (Å²) in [4.78, 5) is 32.8. The Labute approximate surface area is 162 Å². The molecule has 0 aromatic carbocycles. The quantitative estimate of drug-likeness (QED) is 0.674. The van der Waals surface area contributed by atoms with Gasteiger partial charge in [-0.25, -0.2) is 9.78 Å². The third kappa shape index (κ3) is 3.75. The second-order valence-corrected chi connectivity index (χ2v) is 8.10. The summed E-state index contributed by atoms with van der Waals surface area (Å²) in [7, 11) is -4.81. The van der Waals surface area contributed by atoms with Crippen LogP contribution in [-0.4, -0.2) is 71.6 Å². The van der Waals surface area contributed by atoms with Crippen molar-refractivity contribution in [3.63, 3.8) is 0 Å². The molecule has 3 fully saturated rings. The second-order valence-electron chi connectivity index (χ2n) is 7.10. The number of rotatable bonds is 5. The van der Waals surface area contributed by atoms with Crippen LogP contribution in [0, 0.1) is 0 Å². The van der Waals surface area contributed by atoms with Crippen LogP contribution in [0.15, 0.2) is 18.3 Å². The van der Waals surface area contributed by atoms with Gasteiger partial charge in [0.15, 0.2) is 0 Å². The molecule has 0 radical (unpaired) electrons. The fraction of sp³-hybridized carbons (Fsp3) is 0.562. The number of hydrogen-bond donors (Lipinski definition) is 2. The molecule has 4 rings (SSSR count). The number of hydroxylamine groups is 2. The standard InChI is InChI=1S/C16H21N5O6S/c22-15(18-14-6-4-11(9-17-14)19-7-1-2-8-19)13-5-3-12-10-20(13)16(23)21(12)27-28(24,25)26/h4,6,9,12-13H,1-3,5,7-8,10H2,(H,17,18,22)(H,24,25,26)/t12-,13+/m1/s1. The van der Waals surface area contributed by atoms with E-state index in [2.05, 4.69) is 19.5 Å². The number of carbonyl (C=O) groups is 2. The fourth-order valence-electron chi connectivity index (χ4n) is 3.94. The predicted octanol–water partition coefficient (Wildman–Crippen LogP) is 0.623. The van der Waals surface area contributed by atoms with Crippen molar-refractivity contribution in [1.82, 2.24) is 14.9 Å². The lowest BCUT2D eigenvalue weighted by atomic mass is 10.0. The van der Waals surface area contributed by atoms with Crippen LogP contribution < -0.4 is 10.2 Å². The van der Waals surface area contributed by atoms with Crippen LogP contribution in [0.2, 0.25) is 0 Å². The molecule has 0 saturated carbocycles. The van der Waals surface area contributed by atoms with Crippen molar-refractivity contribution < 1.29 is 26.8 Å². The van der Waals surface area contributed by atoms with E-state index in [1.54, 1.807) is 12.3 Å². The maximum absolute atomic E-state index is 12.7. The van der Waals surface area contributed by atoms with Crippen molar-refractivity contribution in [2.45, 2.75) is 37.8 Å². The van der Waals surface area contributed by atoms with E-state index in [9.17, 15) is 18.0 Å². The lowest BCUT2D eigenvalue weighted by Gasteiger charge is -2.29. The number of aromatic nitrogens is 1. The first kappa shape index (κ1) is 18.9. The highest BCUT2D eigenvalue weighted by Crippen LogP contribution is 2.31. The van der Waals surface area contributed by atoms with Crippen molar-refractivity contribution in [3.8, 4) is 0 Å². The van der Waals surface area contributed by atoms with Gasteiger partial charge in [0.25, 0.3) is 0 Å². The summed E-state index contributed by atoms with van der Waals surface area (Å²) in [5, 5.41) is 3.32.